The quantitative estimate of drug-likeness (QED) is 0.677. The van der Waals surface area contributed by atoms with Crippen LogP contribution in [-0.2, 0) is 14.9 Å². The second-order valence-corrected chi connectivity index (χ2v) is 6.18. The molecule has 2 fully saturated rings. The van der Waals surface area contributed by atoms with E-state index in [1.807, 2.05) is 11.0 Å². The van der Waals surface area contributed by atoms with Gasteiger partial charge in [-0.15, -0.1) is 0 Å². The fraction of sp³-hybridized carbons (Fsp3) is 0.588. The Morgan fingerprint density at radius 3 is 2.57 bits per heavy atom. The molecule has 0 atom stereocenters. The minimum absolute atomic E-state index is 0.197. The molecule has 2 heterocycles. The Balaban J connectivity index is 1.79. The van der Waals surface area contributed by atoms with E-state index in [2.05, 4.69) is 4.99 Å². The van der Waals surface area contributed by atoms with Crippen LogP contribution in [-0.4, -0.2) is 56.9 Å². The lowest BCUT2D eigenvalue weighted by Crippen LogP contribution is -2.46. The third-order valence-corrected chi connectivity index (χ3v) is 4.77. The molecule has 2 saturated heterocycles. The highest BCUT2D eigenvalue weighted by atomic mass is 19.1. The average molecular weight is 321 g/mol. The van der Waals surface area contributed by atoms with Gasteiger partial charge in [0.25, 0.3) is 0 Å². The van der Waals surface area contributed by atoms with Gasteiger partial charge in [-0.1, -0.05) is 12.1 Å². The van der Waals surface area contributed by atoms with Gasteiger partial charge in [0, 0.05) is 31.7 Å². The molecular weight excluding hydrogens is 297 g/mol. The van der Waals surface area contributed by atoms with Gasteiger partial charge in [-0.25, -0.2) is 4.39 Å². The van der Waals surface area contributed by atoms with Crippen molar-refractivity contribution in [2.24, 2.45) is 10.7 Å². The Labute approximate surface area is 136 Å². The smallest absolute Gasteiger partial charge is 0.191 e. The van der Waals surface area contributed by atoms with Gasteiger partial charge in [-0.3, -0.25) is 4.99 Å². The molecule has 0 amide bonds. The van der Waals surface area contributed by atoms with E-state index in [9.17, 15) is 4.39 Å². The first-order valence-electron chi connectivity index (χ1n) is 8.16. The first-order valence-corrected chi connectivity index (χ1v) is 8.16. The number of benzene rings is 1. The van der Waals surface area contributed by atoms with Crippen LogP contribution in [0.15, 0.2) is 29.3 Å². The van der Waals surface area contributed by atoms with Crippen LogP contribution in [0.25, 0.3) is 0 Å². The highest BCUT2D eigenvalue weighted by Crippen LogP contribution is 2.35. The predicted octanol–water partition coefficient (Wildman–Crippen LogP) is 1.52. The molecule has 0 radical (unpaired) electrons. The second kappa shape index (κ2) is 7.27. The number of hydrogen-bond acceptors (Lipinski definition) is 3. The molecule has 1 aromatic rings. The second-order valence-electron chi connectivity index (χ2n) is 6.18. The molecule has 2 N–H and O–H groups in total. The van der Waals surface area contributed by atoms with Gasteiger partial charge in [0.05, 0.1) is 19.8 Å². The number of guanidine groups is 1. The van der Waals surface area contributed by atoms with Crippen molar-refractivity contribution in [3.05, 3.63) is 35.6 Å². The lowest BCUT2D eigenvalue weighted by Gasteiger charge is -2.37. The van der Waals surface area contributed by atoms with Gasteiger partial charge in [0.2, 0.25) is 0 Å². The van der Waals surface area contributed by atoms with Crippen LogP contribution in [0, 0.1) is 5.82 Å². The zero-order valence-electron chi connectivity index (χ0n) is 13.3. The summed E-state index contributed by atoms with van der Waals surface area (Å²) in [5.74, 6) is 0.342. The Morgan fingerprint density at radius 1 is 1.17 bits per heavy atom. The number of nitrogens with zero attached hydrogens (tertiary/aromatic N) is 2. The minimum atomic E-state index is -0.210. The van der Waals surface area contributed by atoms with Crippen molar-refractivity contribution in [3.63, 3.8) is 0 Å². The normalized spacial score (nSPS) is 22.1. The van der Waals surface area contributed by atoms with Crippen molar-refractivity contribution in [3.8, 4) is 0 Å². The summed E-state index contributed by atoms with van der Waals surface area (Å²) >= 11 is 0. The van der Waals surface area contributed by atoms with E-state index in [1.165, 1.54) is 6.07 Å². The predicted molar refractivity (Wildman–Crippen MR) is 87.0 cm³/mol. The number of ether oxygens (including phenoxy) is 2. The standard InChI is InChI=1S/C17H24FN3O2/c18-15-3-1-2-14(12-15)17(4-8-22-9-5-17)13-20-16(19)21-6-10-23-11-7-21/h1-3,12H,4-11,13H2,(H2,19,20). The van der Waals surface area contributed by atoms with Crippen molar-refractivity contribution < 1.29 is 13.9 Å². The summed E-state index contributed by atoms with van der Waals surface area (Å²) < 4.78 is 24.5. The molecule has 126 valence electrons. The summed E-state index contributed by atoms with van der Waals surface area (Å²) in [6.07, 6.45) is 1.66. The first kappa shape index (κ1) is 16.2. The van der Waals surface area contributed by atoms with Gasteiger partial charge in [0.1, 0.15) is 5.82 Å². The molecule has 23 heavy (non-hydrogen) atoms. The summed E-state index contributed by atoms with van der Waals surface area (Å²) in [4.78, 5) is 6.68. The molecule has 5 nitrogen and oxygen atoms in total. The molecule has 0 aromatic heterocycles. The highest BCUT2D eigenvalue weighted by Gasteiger charge is 2.35. The van der Waals surface area contributed by atoms with E-state index < -0.39 is 0 Å². The molecule has 0 saturated carbocycles. The molecule has 2 aliphatic rings. The maximum atomic E-state index is 13.7. The maximum absolute atomic E-state index is 13.7. The van der Waals surface area contributed by atoms with Crippen molar-refractivity contribution in [1.82, 2.24) is 4.90 Å². The van der Waals surface area contributed by atoms with Crippen LogP contribution >= 0.6 is 0 Å². The van der Waals surface area contributed by atoms with Crippen molar-refractivity contribution >= 4 is 5.96 Å². The molecular formula is C17H24FN3O2. The van der Waals surface area contributed by atoms with Crippen LogP contribution < -0.4 is 5.73 Å². The van der Waals surface area contributed by atoms with Gasteiger partial charge < -0.3 is 20.1 Å². The first-order chi connectivity index (χ1) is 11.2. The number of rotatable bonds is 3. The van der Waals surface area contributed by atoms with Crippen LogP contribution in [0.1, 0.15) is 18.4 Å². The van der Waals surface area contributed by atoms with E-state index in [-0.39, 0.29) is 11.2 Å². The number of morpholine rings is 1. The Hall–Kier alpha value is -1.66. The zero-order chi connectivity index (χ0) is 16.1. The lowest BCUT2D eigenvalue weighted by atomic mass is 9.74. The van der Waals surface area contributed by atoms with Gasteiger partial charge in [-0.05, 0) is 30.5 Å². The zero-order valence-corrected chi connectivity index (χ0v) is 13.3. The van der Waals surface area contributed by atoms with Gasteiger partial charge in [-0.2, -0.15) is 0 Å². The number of halogens is 1. The molecule has 6 heteroatoms. The largest absolute Gasteiger partial charge is 0.381 e. The monoisotopic (exact) mass is 321 g/mol. The van der Waals surface area contributed by atoms with E-state index in [4.69, 9.17) is 15.2 Å². The Morgan fingerprint density at radius 2 is 1.87 bits per heavy atom. The fourth-order valence-electron chi connectivity index (χ4n) is 3.24. The fourth-order valence-corrected chi connectivity index (χ4v) is 3.24. The lowest BCUT2D eigenvalue weighted by molar-refractivity contribution is 0.0523. The molecule has 0 unspecified atom stereocenters. The molecule has 3 rings (SSSR count). The van der Waals surface area contributed by atoms with Gasteiger partial charge in [0.15, 0.2) is 5.96 Å². The maximum Gasteiger partial charge on any atom is 0.191 e. The van der Waals surface area contributed by atoms with E-state index in [1.54, 1.807) is 12.1 Å². The summed E-state index contributed by atoms with van der Waals surface area (Å²) in [5.41, 5.74) is 6.94. The Kier molecular flexibility index (Phi) is 5.13. The van der Waals surface area contributed by atoms with Gasteiger partial charge >= 0.3 is 0 Å². The molecule has 0 aliphatic carbocycles. The summed E-state index contributed by atoms with van der Waals surface area (Å²) in [6.45, 7) is 4.80. The van der Waals surface area contributed by atoms with E-state index >= 15 is 0 Å². The van der Waals surface area contributed by atoms with E-state index in [0.29, 0.717) is 38.9 Å². The Bertz CT molecular complexity index is 553. The molecule has 2 aliphatic heterocycles. The van der Waals surface area contributed by atoms with Crippen LogP contribution in [0.2, 0.25) is 0 Å². The number of nitrogens with two attached hydrogens (primary N) is 1. The third-order valence-electron chi connectivity index (χ3n) is 4.77. The van der Waals surface area contributed by atoms with Crippen LogP contribution in [0.4, 0.5) is 4.39 Å². The van der Waals surface area contributed by atoms with Crippen molar-refractivity contribution in [1.29, 1.82) is 0 Å². The minimum Gasteiger partial charge on any atom is -0.381 e. The third kappa shape index (κ3) is 3.82. The van der Waals surface area contributed by atoms with Crippen LogP contribution in [0.3, 0.4) is 0 Å². The number of aliphatic imine (C=N–C) groups is 1. The van der Waals surface area contributed by atoms with Crippen LogP contribution in [0.5, 0.6) is 0 Å². The topological polar surface area (TPSA) is 60.1 Å². The van der Waals surface area contributed by atoms with Crippen molar-refractivity contribution in [2.45, 2.75) is 18.3 Å². The summed E-state index contributed by atoms with van der Waals surface area (Å²) in [7, 11) is 0. The molecule has 0 bridgehead atoms. The highest BCUT2D eigenvalue weighted by molar-refractivity contribution is 5.78. The number of hydrogen-bond donors (Lipinski definition) is 1. The molecule has 1 aromatic carbocycles. The van der Waals surface area contributed by atoms with E-state index in [0.717, 1.165) is 31.5 Å². The molecule has 0 spiro atoms. The summed E-state index contributed by atoms with van der Waals surface area (Å²) in [5, 5.41) is 0. The van der Waals surface area contributed by atoms with Crippen molar-refractivity contribution in [2.75, 3.05) is 46.1 Å². The SMILES string of the molecule is NC(=NCC1(c2cccc(F)c2)CCOCC1)N1CCOCC1. The summed E-state index contributed by atoms with van der Waals surface area (Å²) in [6, 6.07) is 6.83. The average Bonchev–Trinajstić information content (AvgIpc) is 2.61.